The molecule has 2 rings (SSSR count). The fraction of sp³-hybridized carbons (Fsp3) is 1.00. The molecule has 0 aromatic carbocycles. The normalized spacial score (nSPS) is 33.4. The van der Waals surface area contributed by atoms with Gasteiger partial charge in [0, 0.05) is 12.8 Å². The van der Waals surface area contributed by atoms with Crippen LogP contribution in [0.15, 0.2) is 0 Å². The van der Waals surface area contributed by atoms with Crippen molar-refractivity contribution in [2.45, 2.75) is 52.4 Å². The third-order valence-electron chi connectivity index (χ3n) is 3.74. The van der Waals surface area contributed by atoms with Crippen molar-refractivity contribution in [1.29, 1.82) is 0 Å². The van der Waals surface area contributed by atoms with Gasteiger partial charge in [-0.3, -0.25) is 0 Å². The maximum absolute atomic E-state index is 10.3. The smallest absolute Gasteiger partial charge is 0.169 e. The number of hydrogen-bond donors (Lipinski definition) is 1. The monoisotopic (exact) mass is 214 g/mol. The van der Waals surface area contributed by atoms with E-state index in [4.69, 9.17) is 9.47 Å². The van der Waals surface area contributed by atoms with Crippen LogP contribution in [0.3, 0.4) is 0 Å². The fourth-order valence-electron chi connectivity index (χ4n) is 3.40. The Kier molecular flexibility index (Phi) is 2.42. The number of hydrogen-bond acceptors (Lipinski definition) is 3. The van der Waals surface area contributed by atoms with E-state index in [2.05, 4.69) is 27.7 Å². The molecule has 15 heavy (non-hydrogen) atoms. The minimum absolute atomic E-state index is 0.147. The predicted octanol–water partition coefficient (Wildman–Crippen LogP) is 1.94. The first kappa shape index (κ1) is 11.4. The van der Waals surface area contributed by atoms with E-state index in [-0.39, 0.29) is 16.9 Å². The Hall–Kier alpha value is -0.120. The molecule has 1 saturated heterocycles. The van der Waals surface area contributed by atoms with E-state index < -0.39 is 5.79 Å². The molecule has 0 unspecified atom stereocenters. The average molecular weight is 214 g/mol. The summed E-state index contributed by atoms with van der Waals surface area (Å²) in [5.74, 6) is -0.438. The van der Waals surface area contributed by atoms with E-state index in [0.717, 1.165) is 12.8 Å². The van der Waals surface area contributed by atoms with Gasteiger partial charge in [0.25, 0.3) is 0 Å². The second kappa shape index (κ2) is 3.19. The van der Waals surface area contributed by atoms with Crippen LogP contribution in [0, 0.1) is 10.8 Å². The van der Waals surface area contributed by atoms with Crippen LogP contribution in [0.2, 0.25) is 0 Å². The molecular weight excluding hydrogens is 192 g/mol. The molecule has 3 nitrogen and oxygen atoms in total. The lowest BCUT2D eigenvalue weighted by Crippen LogP contribution is -2.55. The highest BCUT2D eigenvalue weighted by atomic mass is 16.7. The second-order valence-corrected chi connectivity index (χ2v) is 6.34. The molecule has 88 valence electrons. The molecule has 1 saturated carbocycles. The van der Waals surface area contributed by atoms with Crippen LogP contribution in [0.25, 0.3) is 0 Å². The summed E-state index contributed by atoms with van der Waals surface area (Å²) in [5, 5.41) is 10.3. The van der Waals surface area contributed by atoms with Crippen LogP contribution in [0.4, 0.5) is 0 Å². The van der Waals surface area contributed by atoms with Crippen molar-refractivity contribution in [1.82, 2.24) is 0 Å². The topological polar surface area (TPSA) is 38.7 Å². The molecule has 1 aliphatic heterocycles. The summed E-state index contributed by atoms with van der Waals surface area (Å²) in [6, 6.07) is 0. The number of aliphatic hydroxyl groups excluding tert-OH is 1. The van der Waals surface area contributed by atoms with Crippen molar-refractivity contribution in [3.63, 3.8) is 0 Å². The summed E-state index contributed by atoms with van der Waals surface area (Å²) < 4.78 is 11.5. The van der Waals surface area contributed by atoms with Gasteiger partial charge >= 0.3 is 0 Å². The fourth-order valence-corrected chi connectivity index (χ4v) is 3.40. The maximum atomic E-state index is 10.3. The van der Waals surface area contributed by atoms with Gasteiger partial charge in [0.2, 0.25) is 0 Å². The van der Waals surface area contributed by atoms with E-state index in [0.29, 0.717) is 13.2 Å². The number of ether oxygens (including phenoxy) is 2. The molecule has 0 aromatic rings. The molecule has 1 N–H and O–H groups in total. The molecule has 1 spiro atoms. The number of rotatable bonds is 0. The summed E-state index contributed by atoms with van der Waals surface area (Å²) >= 11 is 0. The first-order valence-electron chi connectivity index (χ1n) is 5.74. The Morgan fingerprint density at radius 3 is 1.73 bits per heavy atom. The van der Waals surface area contributed by atoms with Crippen molar-refractivity contribution in [3.8, 4) is 0 Å². The van der Waals surface area contributed by atoms with Gasteiger partial charge in [0.15, 0.2) is 5.79 Å². The van der Waals surface area contributed by atoms with Gasteiger partial charge in [0.05, 0.1) is 19.3 Å². The van der Waals surface area contributed by atoms with Crippen LogP contribution in [0.1, 0.15) is 40.5 Å². The Bertz CT molecular complexity index is 232. The van der Waals surface area contributed by atoms with Crippen molar-refractivity contribution in [2.24, 2.45) is 10.8 Å². The minimum Gasteiger partial charge on any atom is -0.392 e. The highest BCUT2D eigenvalue weighted by molar-refractivity contribution is 5.01. The summed E-state index contributed by atoms with van der Waals surface area (Å²) in [6.45, 7) is 9.72. The quantitative estimate of drug-likeness (QED) is 0.669. The molecule has 0 bridgehead atoms. The van der Waals surface area contributed by atoms with Gasteiger partial charge in [0.1, 0.15) is 0 Å². The Balaban J connectivity index is 2.27. The van der Waals surface area contributed by atoms with Gasteiger partial charge in [-0.15, -0.1) is 0 Å². The molecule has 0 radical (unpaired) electrons. The zero-order valence-electron chi connectivity index (χ0n) is 10.2. The van der Waals surface area contributed by atoms with Crippen LogP contribution < -0.4 is 0 Å². The first-order chi connectivity index (χ1) is 6.78. The molecule has 3 heteroatoms. The molecule has 2 aliphatic rings. The van der Waals surface area contributed by atoms with Crippen molar-refractivity contribution in [2.75, 3.05) is 13.2 Å². The third-order valence-corrected chi connectivity index (χ3v) is 3.74. The first-order valence-corrected chi connectivity index (χ1v) is 5.74. The molecule has 0 atom stereocenters. The maximum Gasteiger partial charge on any atom is 0.169 e. The molecule has 0 amide bonds. The lowest BCUT2D eigenvalue weighted by Gasteiger charge is -2.52. The van der Waals surface area contributed by atoms with E-state index in [1.807, 2.05) is 0 Å². The largest absolute Gasteiger partial charge is 0.392 e. The SMILES string of the molecule is CC1(C)CC2(CC(C)(C)C1O)OCCO2. The Morgan fingerprint density at radius 1 is 0.933 bits per heavy atom. The van der Waals surface area contributed by atoms with Gasteiger partial charge in [-0.05, 0) is 10.8 Å². The molecule has 2 fully saturated rings. The third kappa shape index (κ3) is 1.81. The van der Waals surface area contributed by atoms with E-state index >= 15 is 0 Å². The van der Waals surface area contributed by atoms with Crippen molar-refractivity contribution < 1.29 is 14.6 Å². The zero-order valence-corrected chi connectivity index (χ0v) is 10.2. The Labute approximate surface area is 91.8 Å². The van der Waals surface area contributed by atoms with E-state index in [1.54, 1.807) is 0 Å². The molecule has 1 aliphatic carbocycles. The molecular formula is C12H22O3. The lowest BCUT2D eigenvalue weighted by molar-refractivity contribution is -0.252. The van der Waals surface area contributed by atoms with Crippen LogP contribution in [-0.4, -0.2) is 30.2 Å². The summed E-state index contributed by atoms with van der Waals surface area (Å²) in [4.78, 5) is 0. The molecule has 0 aromatic heterocycles. The van der Waals surface area contributed by atoms with Crippen LogP contribution in [0.5, 0.6) is 0 Å². The number of aliphatic hydroxyl groups is 1. The Morgan fingerprint density at radius 2 is 1.33 bits per heavy atom. The highest BCUT2D eigenvalue weighted by Gasteiger charge is 2.55. The summed E-state index contributed by atoms with van der Waals surface area (Å²) in [6.07, 6.45) is 1.26. The standard InChI is InChI=1S/C12H22O3/c1-10(2)7-12(14-5-6-15-12)8-11(3,4)9(10)13/h9,13H,5-8H2,1-4H3. The van der Waals surface area contributed by atoms with Crippen LogP contribution >= 0.6 is 0 Å². The van der Waals surface area contributed by atoms with Crippen molar-refractivity contribution >= 4 is 0 Å². The van der Waals surface area contributed by atoms with Gasteiger partial charge in [-0.2, -0.15) is 0 Å². The molecule has 1 heterocycles. The van der Waals surface area contributed by atoms with Gasteiger partial charge < -0.3 is 14.6 Å². The van der Waals surface area contributed by atoms with Gasteiger partial charge in [-0.1, -0.05) is 27.7 Å². The highest BCUT2D eigenvalue weighted by Crippen LogP contribution is 2.52. The van der Waals surface area contributed by atoms with Crippen molar-refractivity contribution in [3.05, 3.63) is 0 Å². The zero-order chi connectivity index (χ0) is 11.3. The lowest BCUT2D eigenvalue weighted by atomic mass is 9.60. The van der Waals surface area contributed by atoms with Gasteiger partial charge in [-0.25, -0.2) is 0 Å². The van der Waals surface area contributed by atoms with E-state index in [1.165, 1.54) is 0 Å². The average Bonchev–Trinajstić information content (AvgIpc) is 2.47. The summed E-state index contributed by atoms with van der Waals surface area (Å²) in [7, 11) is 0. The van der Waals surface area contributed by atoms with Crippen LogP contribution in [-0.2, 0) is 9.47 Å². The summed E-state index contributed by atoms with van der Waals surface area (Å²) in [5.41, 5.74) is -0.293. The van der Waals surface area contributed by atoms with E-state index in [9.17, 15) is 5.11 Å². The minimum atomic E-state index is -0.438. The predicted molar refractivity (Wildman–Crippen MR) is 57.4 cm³/mol. The second-order valence-electron chi connectivity index (χ2n) is 6.34.